The maximum atomic E-state index is 12.7. The quantitative estimate of drug-likeness (QED) is 0.390. The first-order chi connectivity index (χ1) is 17.5. The Labute approximate surface area is 221 Å². The molecule has 6 nitrogen and oxygen atoms in total. The fraction of sp³-hybridized carbons (Fsp3) is 0.742. The zero-order chi connectivity index (χ0) is 26.5. The van der Waals surface area contributed by atoms with Gasteiger partial charge in [-0.15, -0.1) is 0 Å². The minimum atomic E-state index is -0.976. The number of fused-ring (bicyclic) bond motifs is 5. The van der Waals surface area contributed by atoms with Gasteiger partial charge in [0.1, 0.15) is 0 Å². The summed E-state index contributed by atoms with van der Waals surface area (Å²) in [7, 11) is 0. The molecule has 0 spiro atoms. The van der Waals surface area contributed by atoms with Gasteiger partial charge in [-0.1, -0.05) is 20.8 Å². The Morgan fingerprint density at radius 3 is 2.35 bits per heavy atom. The molecule has 5 rings (SSSR count). The van der Waals surface area contributed by atoms with Crippen LogP contribution in [-0.4, -0.2) is 39.4 Å². The average molecular weight is 512 g/mol. The van der Waals surface area contributed by atoms with E-state index in [1.54, 1.807) is 12.1 Å². The fourth-order valence-electron chi connectivity index (χ4n) is 9.66. The molecule has 6 heteroatoms. The molecule has 0 aromatic heterocycles. The zero-order valence-corrected chi connectivity index (χ0v) is 22.7. The number of hydrogen-bond acceptors (Lipinski definition) is 4. The molecule has 3 unspecified atom stereocenters. The number of anilines is 1. The first-order valence-electron chi connectivity index (χ1n) is 14.5. The van der Waals surface area contributed by atoms with Crippen molar-refractivity contribution < 1.29 is 24.9 Å². The third kappa shape index (κ3) is 4.73. The predicted octanol–water partition coefficient (Wildman–Crippen LogP) is 5.73. The molecule has 4 aliphatic carbocycles. The summed E-state index contributed by atoms with van der Waals surface area (Å²) < 4.78 is 0. The fourth-order valence-corrected chi connectivity index (χ4v) is 9.66. The van der Waals surface area contributed by atoms with E-state index in [-0.39, 0.29) is 34.5 Å². The van der Waals surface area contributed by atoms with Crippen LogP contribution in [0.4, 0.5) is 5.69 Å². The van der Waals surface area contributed by atoms with Gasteiger partial charge in [-0.25, -0.2) is 4.79 Å². The van der Waals surface area contributed by atoms with Crippen LogP contribution in [0, 0.1) is 46.3 Å². The van der Waals surface area contributed by atoms with Crippen LogP contribution in [0.5, 0.6) is 0 Å². The monoisotopic (exact) mass is 511 g/mol. The Kier molecular flexibility index (Phi) is 7.21. The van der Waals surface area contributed by atoms with Gasteiger partial charge in [-0.2, -0.15) is 0 Å². The Morgan fingerprint density at radius 1 is 0.973 bits per heavy atom. The van der Waals surface area contributed by atoms with Crippen molar-refractivity contribution in [2.75, 3.05) is 5.32 Å². The highest BCUT2D eigenvalue weighted by atomic mass is 16.4. The summed E-state index contributed by atoms with van der Waals surface area (Å²) >= 11 is 0. The van der Waals surface area contributed by atoms with E-state index in [1.165, 1.54) is 37.8 Å². The third-order valence-corrected chi connectivity index (χ3v) is 11.7. The molecule has 0 radical (unpaired) electrons. The molecule has 4 aliphatic rings. The Morgan fingerprint density at radius 2 is 1.65 bits per heavy atom. The predicted molar refractivity (Wildman–Crippen MR) is 143 cm³/mol. The summed E-state index contributed by atoms with van der Waals surface area (Å²) in [6, 6.07) is 6.29. The number of hydrogen-bond donors (Lipinski definition) is 4. The van der Waals surface area contributed by atoms with Crippen molar-refractivity contribution in [3.8, 4) is 0 Å². The molecule has 37 heavy (non-hydrogen) atoms. The standard InChI is InChI=1S/C31H45NO5/c1-18(4-11-27(35)32-21-7-5-19(6-8-21)29(36)37)23-9-10-24-28-25(13-15-31(23,24)3)30(2)14-12-22(33)16-20(30)17-26(28)34/h5-8,18,20,22-26,28,33-34H,4,9-17H2,1-3H3,(H,32,35)(H,36,37)/t18-,20+,22-,23+,24?,25?,26+,28?,30+,31-/m1/s1. The molecule has 4 N–H and O–H groups in total. The van der Waals surface area contributed by atoms with Crippen LogP contribution in [-0.2, 0) is 4.79 Å². The molecule has 204 valence electrons. The normalized spacial score (nSPS) is 41.7. The van der Waals surface area contributed by atoms with E-state index >= 15 is 0 Å². The Balaban J connectivity index is 1.21. The molecule has 4 fully saturated rings. The lowest BCUT2D eigenvalue weighted by atomic mass is 9.43. The topological polar surface area (TPSA) is 107 Å². The van der Waals surface area contributed by atoms with E-state index < -0.39 is 5.97 Å². The molecule has 0 saturated heterocycles. The number of aliphatic hydroxyl groups is 2. The molecule has 0 heterocycles. The van der Waals surface area contributed by atoms with Gasteiger partial charge in [0.25, 0.3) is 0 Å². The van der Waals surface area contributed by atoms with E-state index in [0.717, 1.165) is 32.1 Å². The lowest BCUT2D eigenvalue weighted by Gasteiger charge is -2.62. The summed E-state index contributed by atoms with van der Waals surface area (Å²) in [6.07, 6.45) is 9.24. The number of carbonyl (C=O) groups excluding carboxylic acids is 1. The number of nitrogens with one attached hydrogen (secondary N) is 1. The van der Waals surface area contributed by atoms with Crippen LogP contribution in [0.25, 0.3) is 0 Å². The minimum Gasteiger partial charge on any atom is -0.478 e. The Hall–Kier alpha value is -1.92. The van der Waals surface area contributed by atoms with Crippen molar-refractivity contribution in [1.82, 2.24) is 0 Å². The van der Waals surface area contributed by atoms with Gasteiger partial charge in [0, 0.05) is 12.1 Å². The number of carbonyl (C=O) groups is 2. The summed E-state index contributed by atoms with van der Waals surface area (Å²) in [5.74, 6) is 1.89. The van der Waals surface area contributed by atoms with Gasteiger partial charge in [-0.3, -0.25) is 4.79 Å². The maximum Gasteiger partial charge on any atom is 0.335 e. The summed E-state index contributed by atoms with van der Waals surface area (Å²) in [5.41, 5.74) is 1.29. The number of aliphatic hydroxyl groups excluding tert-OH is 2. The van der Waals surface area contributed by atoms with Crippen molar-refractivity contribution >= 4 is 17.6 Å². The van der Waals surface area contributed by atoms with Crippen molar-refractivity contribution in [3.63, 3.8) is 0 Å². The van der Waals surface area contributed by atoms with Gasteiger partial charge in [0.05, 0.1) is 17.8 Å². The minimum absolute atomic E-state index is 0.0283. The van der Waals surface area contributed by atoms with Crippen molar-refractivity contribution in [3.05, 3.63) is 29.8 Å². The first-order valence-corrected chi connectivity index (χ1v) is 14.5. The summed E-state index contributed by atoms with van der Waals surface area (Å²) in [6.45, 7) is 7.23. The van der Waals surface area contributed by atoms with Crippen LogP contribution in [0.3, 0.4) is 0 Å². The molecule has 4 saturated carbocycles. The summed E-state index contributed by atoms with van der Waals surface area (Å²) in [4.78, 5) is 23.7. The molecule has 1 aromatic rings. The summed E-state index contributed by atoms with van der Waals surface area (Å²) in [5, 5.41) is 33.7. The van der Waals surface area contributed by atoms with Gasteiger partial charge in [-0.05, 0) is 128 Å². The van der Waals surface area contributed by atoms with E-state index in [0.29, 0.717) is 47.6 Å². The van der Waals surface area contributed by atoms with Crippen LogP contribution < -0.4 is 5.32 Å². The number of rotatable bonds is 6. The molecule has 0 aliphatic heterocycles. The van der Waals surface area contributed by atoms with E-state index in [4.69, 9.17) is 5.11 Å². The molecular weight excluding hydrogens is 466 g/mol. The van der Waals surface area contributed by atoms with Crippen molar-refractivity contribution in [1.29, 1.82) is 0 Å². The average Bonchev–Trinajstić information content (AvgIpc) is 3.21. The lowest BCUT2D eigenvalue weighted by Crippen LogP contribution is -2.58. The number of carboxylic acid groups (broad SMARTS) is 1. The van der Waals surface area contributed by atoms with Crippen LogP contribution in [0.15, 0.2) is 24.3 Å². The maximum absolute atomic E-state index is 12.7. The molecule has 0 bridgehead atoms. The lowest BCUT2D eigenvalue weighted by molar-refractivity contribution is -0.174. The van der Waals surface area contributed by atoms with Gasteiger partial charge in [0.2, 0.25) is 5.91 Å². The molecular formula is C31H45NO5. The smallest absolute Gasteiger partial charge is 0.335 e. The largest absolute Gasteiger partial charge is 0.478 e. The second kappa shape index (κ2) is 10.00. The highest BCUT2D eigenvalue weighted by Gasteiger charge is 2.62. The molecule has 1 amide bonds. The molecule has 10 atom stereocenters. The zero-order valence-electron chi connectivity index (χ0n) is 22.7. The van der Waals surface area contributed by atoms with Crippen LogP contribution in [0.1, 0.15) is 95.3 Å². The van der Waals surface area contributed by atoms with E-state index in [1.807, 2.05) is 0 Å². The van der Waals surface area contributed by atoms with Gasteiger partial charge < -0.3 is 20.6 Å². The SMILES string of the molecule is C[C@H](CCC(=O)Nc1ccc(C(=O)O)cc1)[C@@H]1CCC2C3C(CC[C@@]21C)[C@@]1(C)CC[C@@H](O)C[C@H]1C[C@@H]3O. The number of carboxylic acids is 1. The first kappa shape index (κ1) is 26.7. The number of aromatic carboxylic acids is 1. The van der Waals surface area contributed by atoms with Crippen LogP contribution in [0.2, 0.25) is 0 Å². The van der Waals surface area contributed by atoms with Crippen LogP contribution >= 0.6 is 0 Å². The molecule has 1 aromatic carbocycles. The number of benzene rings is 1. The second-order valence-corrected chi connectivity index (χ2v) is 13.4. The van der Waals surface area contributed by atoms with Crippen molar-refractivity contribution in [2.24, 2.45) is 46.3 Å². The van der Waals surface area contributed by atoms with E-state index in [9.17, 15) is 19.8 Å². The Bertz CT molecular complexity index is 1010. The highest BCUT2D eigenvalue weighted by molar-refractivity contribution is 5.92. The van der Waals surface area contributed by atoms with Gasteiger partial charge >= 0.3 is 5.97 Å². The van der Waals surface area contributed by atoms with E-state index in [2.05, 4.69) is 26.1 Å². The van der Waals surface area contributed by atoms with Gasteiger partial charge in [0.15, 0.2) is 0 Å². The van der Waals surface area contributed by atoms with Crippen molar-refractivity contribution in [2.45, 2.75) is 97.2 Å². The highest BCUT2D eigenvalue weighted by Crippen LogP contribution is 2.68. The second-order valence-electron chi connectivity index (χ2n) is 13.4. The number of amides is 1. The third-order valence-electron chi connectivity index (χ3n) is 11.7.